The number of esters is 2. The summed E-state index contributed by atoms with van der Waals surface area (Å²) in [4.78, 5) is 24.2. The number of rotatable bonds is 11. The number of hydrogen-bond donors (Lipinski definition) is 0. The number of carbonyl (C=O) groups is 2. The normalized spacial score (nSPS) is 28.6. The van der Waals surface area contributed by atoms with Crippen LogP contribution >= 0.6 is 0 Å². The highest BCUT2D eigenvalue weighted by molar-refractivity contribution is 5.80. The van der Waals surface area contributed by atoms with Crippen molar-refractivity contribution in [3.63, 3.8) is 0 Å². The van der Waals surface area contributed by atoms with E-state index in [9.17, 15) is 9.59 Å². The summed E-state index contributed by atoms with van der Waals surface area (Å²) in [6, 6.07) is 8.28. The minimum absolute atomic E-state index is 0.181. The molecule has 0 aromatic heterocycles. The van der Waals surface area contributed by atoms with Crippen molar-refractivity contribution in [3.8, 4) is 5.75 Å². The van der Waals surface area contributed by atoms with E-state index in [2.05, 4.69) is 32.9 Å². The van der Waals surface area contributed by atoms with Gasteiger partial charge in [0.2, 0.25) is 0 Å². The van der Waals surface area contributed by atoms with E-state index in [0.29, 0.717) is 30.8 Å². The highest BCUT2D eigenvalue weighted by atomic mass is 16.7. The van der Waals surface area contributed by atoms with Crippen LogP contribution in [0.5, 0.6) is 5.75 Å². The largest absolute Gasteiger partial charge is 0.465 e. The summed E-state index contributed by atoms with van der Waals surface area (Å²) in [6.07, 6.45) is 7.82. The molecule has 39 heavy (non-hydrogen) atoms. The first-order chi connectivity index (χ1) is 18.4. The number of carbonyl (C=O) groups excluding carboxylic acids is 2. The second-order valence-electron chi connectivity index (χ2n) is 12.8. The summed E-state index contributed by atoms with van der Waals surface area (Å²) in [5, 5.41) is 0. The third-order valence-corrected chi connectivity index (χ3v) is 9.62. The van der Waals surface area contributed by atoms with Gasteiger partial charge >= 0.3 is 11.9 Å². The van der Waals surface area contributed by atoms with Crippen LogP contribution in [0.4, 0.5) is 0 Å². The van der Waals surface area contributed by atoms with Gasteiger partial charge in [0.1, 0.15) is 11.4 Å². The minimum atomic E-state index is -0.549. The molecule has 0 aliphatic heterocycles. The standard InChI is InChI=1S/C19H30O4.C14H22O2/c1-5-18(2,3)17(21)22-11-16(20)23-19(4)14-7-12-6-13(9-14)10-15(19)8-12;1-5-11(3)13-7-9-14(10-8-13)16-12(4)15-6-2/h12-15H,5-11H2,1-4H3;7-12H,5-6H2,1-4H3. The Hall–Kier alpha value is -2.08. The molecule has 4 aliphatic rings. The van der Waals surface area contributed by atoms with Crippen LogP contribution in [0.2, 0.25) is 0 Å². The fourth-order valence-electron chi connectivity index (χ4n) is 6.60. The lowest BCUT2D eigenvalue weighted by Gasteiger charge is -2.59. The molecule has 0 radical (unpaired) electrons. The molecule has 6 nitrogen and oxygen atoms in total. The van der Waals surface area contributed by atoms with Crippen LogP contribution in [0.25, 0.3) is 0 Å². The maximum atomic E-state index is 12.3. The molecule has 0 saturated heterocycles. The quantitative estimate of drug-likeness (QED) is 0.210. The molecule has 0 heterocycles. The second-order valence-corrected chi connectivity index (χ2v) is 12.8. The molecule has 4 fully saturated rings. The molecule has 4 bridgehead atoms. The highest BCUT2D eigenvalue weighted by Crippen LogP contribution is 2.59. The number of ether oxygens (including phenoxy) is 4. The number of benzene rings is 1. The third-order valence-electron chi connectivity index (χ3n) is 9.62. The molecule has 1 aromatic carbocycles. The molecule has 4 aliphatic carbocycles. The molecular weight excluding hydrogens is 492 g/mol. The van der Waals surface area contributed by atoms with E-state index in [-0.39, 0.29) is 30.4 Å². The van der Waals surface area contributed by atoms with Crippen molar-refractivity contribution in [2.24, 2.45) is 29.1 Å². The average Bonchev–Trinajstić information content (AvgIpc) is 2.90. The van der Waals surface area contributed by atoms with Crippen molar-refractivity contribution in [1.82, 2.24) is 0 Å². The first-order valence-electron chi connectivity index (χ1n) is 15.2. The van der Waals surface area contributed by atoms with Crippen LogP contribution in [0, 0.1) is 29.1 Å². The summed E-state index contributed by atoms with van der Waals surface area (Å²) in [7, 11) is 0. The van der Waals surface area contributed by atoms with Crippen molar-refractivity contribution < 1.29 is 28.5 Å². The topological polar surface area (TPSA) is 71.1 Å². The fourth-order valence-corrected chi connectivity index (χ4v) is 6.60. The highest BCUT2D eigenvalue weighted by Gasteiger charge is 2.57. The summed E-state index contributed by atoms with van der Waals surface area (Å²) in [6.45, 7) is 16.4. The Morgan fingerprint density at radius 1 is 0.949 bits per heavy atom. The van der Waals surface area contributed by atoms with Gasteiger partial charge in [-0.15, -0.1) is 0 Å². The van der Waals surface area contributed by atoms with Crippen molar-refractivity contribution in [1.29, 1.82) is 0 Å². The Labute approximate surface area is 236 Å². The first kappa shape index (κ1) is 31.4. The molecule has 0 amide bonds. The number of hydrogen-bond acceptors (Lipinski definition) is 6. The molecule has 0 spiro atoms. The smallest absolute Gasteiger partial charge is 0.344 e. The lowest BCUT2D eigenvalue weighted by atomic mass is 9.50. The molecule has 220 valence electrons. The van der Waals surface area contributed by atoms with Crippen LogP contribution in [0.15, 0.2) is 24.3 Å². The van der Waals surface area contributed by atoms with E-state index in [0.717, 1.165) is 24.0 Å². The third kappa shape index (κ3) is 7.99. The van der Waals surface area contributed by atoms with E-state index in [4.69, 9.17) is 18.9 Å². The maximum absolute atomic E-state index is 12.3. The van der Waals surface area contributed by atoms with E-state index >= 15 is 0 Å². The summed E-state index contributed by atoms with van der Waals surface area (Å²) >= 11 is 0. The Morgan fingerprint density at radius 2 is 1.51 bits per heavy atom. The van der Waals surface area contributed by atoms with E-state index in [1.807, 2.05) is 46.8 Å². The van der Waals surface area contributed by atoms with Gasteiger partial charge in [0, 0.05) is 6.61 Å². The van der Waals surface area contributed by atoms with Crippen LogP contribution < -0.4 is 4.74 Å². The van der Waals surface area contributed by atoms with Gasteiger partial charge in [0.25, 0.3) is 0 Å². The zero-order chi connectivity index (χ0) is 28.8. The summed E-state index contributed by atoms with van der Waals surface area (Å²) < 4.78 is 22.0. The Morgan fingerprint density at radius 3 is 2.00 bits per heavy atom. The van der Waals surface area contributed by atoms with Gasteiger partial charge < -0.3 is 18.9 Å². The molecular formula is C33H52O6. The molecule has 5 rings (SSSR count). The predicted octanol–water partition coefficient (Wildman–Crippen LogP) is 7.69. The molecule has 0 N–H and O–H groups in total. The molecule has 2 atom stereocenters. The lowest BCUT2D eigenvalue weighted by molar-refractivity contribution is -0.208. The van der Waals surface area contributed by atoms with E-state index < -0.39 is 5.41 Å². The molecule has 2 unspecified atom stereocenters. The SMILES string of the molecule is CCC(C)(C)C(=O)OCC(=O)OC1(C)C2CC3CC(C2)CC1C3.CCOC(C)Oc1ccc(C(C)CC)cc1. The average molecular weight is 545 g/mol. The summed E-state index contributed by atoms with van der Waals surface area (Å²) in [5.41, 5.74) is 0.461. The summed E-state index contributed by atoms with van der Waals surface area (Å²) in [5.74, 6) is 3.43. The van der Waals surface area contributed by atoms with Gasteiger partial charge in [-0.05, 0) is 127 Å². The molecule has 1 aromatic rings. The molecule has 4 saturated carbocycles. The minimum Gasteiger partial charge on any atom is -0.465 e. The van der Waals surface area contributed by atoms with Crippen LogP contribution in [-0.4, -0.2) is 37.0 Å². The first-order valence-corrected chi connectivity index (χ1v) is 15.2. The van der Waals surface area contributed by atoms with Crippen molar-refractivity contribution in [2.45, 2.75) is 118 Å². The Kier molecular flexibility index (Phi) is 10.9. The van der Waals surface area contributed by atoms with Gasteiger partial charge in [0.05, 0.1) is 5.41 Å². The van der Waals surface area contributed by atoms with Gasteiger partial charge in [-0.2, -0.15) is 0 Å². The second kappa shape index (κ2) is 13.5. The van der Waals surface area contributed by atoms with Gasteiger partial charge in [-0.1, -0.05) is 32.9 Å². The zero-order valence-electron chi connectivity index (χ0n) is 25.6. The van der Waals surface area contributed by atoms with Crippen LogP contribution in [0.3, 0.4) is 0 Å². The van der Waals surface area contributed by atoms with Crippen molar-refractivity contribution in [3.05, 3.63) is 29.8 Å². The van der Waals surface area contributed by atoms with Crippen LogP contribution in [-0.2, 0) is 23.8 Å². The van der Waals surface area contributed by atoms with E-state index in [1.165, 1.54) is 37.7 Å². The maximum Gasteiger partial charge on any atom is 0.344 e. The zero-order valence-corrected chi connectivity index (χ0v) is 25.6. The Balaban J connectivity index is 0.000000231. The Bertz CT molecular complexity index is 908. The van der Waals surface area contributed by atoms with Crippen molar-refractivity contribution >= 4 is 11.9 Å². The van der Waals surface area contributed by atoms with Gasteiger partial charge in [-0.3, -0.25) is 4.79 Å². The fraction of sp³-hybridized carbons (Fsp3) is 0.758. The monoisotopic (exact) mass is 544 g/mol. The van der Waals surface area contributed by atoms with E-state index in [1.54, 1.807) is 0 Å². The van der Waals surface area contributed by atoms with Gasteiger partial charge in [-0.25, -0.2) is 4.79 Å². The lowest BCUT2D eigenvalue weighted by Crippen LogP contribution is -2.58. The van der Waals surface area contributed by atoms with Gasteiger partial charge in [0.15, 0.2) is 12.9 Å². The van der Waals surface area contributed by atoms with Crippen LogP contribution in [0.1, 0.15) is 112 Å². The predicted molar refractivity (Wildman–Crippen MR) is 153 cm³/mol. The van der Waals surface area contributed by atoms with Crippen molar-refractivity contribution in [2.75, 3.05) is 13.2 Å². The molecule has 6 heteroatoms.